The minimum absolute atomic E-state index is 0.0361. The molecule has 1 aromatic heterocycles. The molecule has 0 spiro atoms. The predicted octanol–water partition coefficient (Wildman–Crippen LogP) is 4.78. The first-order chi connectivity index (χ1) is 15.5. The third-order valence-electron chi connectivity index (χ3n) is 5.28. The van der Waals surface area contributed by atoms with Crippen molar-refractivity contribution < 1.29 is 28.6 Å². The Labute approximate surface area is 185 Å². The number of aliphatic hydroxyl groups is 1. The summed E-state index contributed by atoms with van der Waals surface area (Å²) in [6.07, 6.45) is 1.37. The molecule has 0 saturated heterocycles. The average Bonchev–Trinajstić information content (AvgIpc) is 3.41. The summed E-state index contributed by atoms with van der Waals surface area (Å²) in [5.74, 6) is -0.797. The van der Waals surface area contributed by atoms with Crippen LogP contribution in [0.4, 0.5) is 5.69 Å². The van der Waals surface area contributed by atoms with Crippen molar-refractivity contribution >= 4 is 17.4 Å². The van der Waals surface area contributed by atoms with Crippen LogP contribution in [0.5, 0.6) is 11.5 Å². The van der Waals surface area contributed by atoms with Crippen molar-refractivity contribution in [1.29, 1.82) is 0 Å². The van der Waals surface area contributed by atoms with E-state index in [1.165, 1.54) is 24.3 Å². The minimum Gasteiger partial charge on any atom is -0.503 e. The summed E-state index contributed by atoms with van der Waals surface area (Å²) in [6.45, 7) is 4.16. The standard InChI is InChI=1S/C25H23NO6/c1-4-31-20-14-16(10-11-18(20)30-3)22-21(23(27)19-9-6-12-32-19)24(28)25(29)26(22)17-8-5-7-15(2)13-17/h5-14,22,28H,4H2,1-3H3. The summed E-state index contributed by atoms with van der Waals surface area (Å²) in [7, 11) is 1.53. The summed E-state index contributed by atoms with van der Waals surface area (Å²) in [6, 6.07) is 14.7. The van der Waals surface area contributed by atoms with E-state index in [9.17, 15) is 14.7 Å². The monoisotopic (exact) mass is 433 g/mol. The van der Waals surface area contributed by atoms with Crippen molar-refractivity contribution in [1.82, 2.24) is 0 Å². The summed E-state index contributed by atoms with van der Waals surface area (Å²) >= 11 is 0. The maximum absolute atomic E-state index is 13.3. The Morgan fingerprint density at radius 2 is 1.94 bits per heavy atom. The first-order valence-electron chi connectivity index (χ1n) is 10.2. The van der Waals surface area contributed by atoms with Gasteiger partial charge in [0.25, 0.3) is 5.91 Å². The summed E-state index contributed by atoms with van der Waals surface area (Å²) in [5, 5.41) is 10.8. The van der Waals surface area contributed by atoms with Crippen LogP contribution in [0.1, 0.15) is 34.6 Å². The van der Waals surface area contributed by atoms with Crippen molar-refractivity contribution in [2.75, 3.05) is 18.6 Å². The quantitative estimate of drug-likeness (QED) is 0.540. The van der Waals surface area contributed by atoms with Gasteiger partial charge in [0.05, 0.1) is 31.6 Å². The number of hydrogen-bond acceptors (Lipinski definition) is 6. The van der Waals surface area contributed by atoms with Gasteiger partial charge in [-0.1, -0.05) is 18.2 Å². The molecule has 1 aliphatic rings. The molecule has 2 heterocycles. The van der Waals surface area contributed by atoms with Gasteiger partial charge in [-0.25, -0.2) is 0 Å². The van der Waals surface area contributed by atoms with Crippen LogP contribution in [-0.2, 0) is 4.79 Å². The second-order valence-corrected chi connectivity index (χ2v) is 7.33. The molecule has 1 N–H and O–H groups in total. The Hall–Kier alpha value is -4.00. The SMILES string of the molecule is CCOc1cc(C2C(C(=O)c3ccco3)=C(O)C(=O)N2c2cccc(C)c2)ccc1OC. The molecular formula is C25H23NO6. The number of ketones is 1. The number of amides is 1. The lowest BCUT2D eigenvalue weighted by Crippen LogP contribution is -2.31. The van der Waals surface area contributed by atoms with E-state index in [-0.39, 0.29) is 11.3 Å². The van der Waals surface area contributed by atoms with Crippen molar-refractivity contribution in [3.63, 3.8) is 0 Å². The number of aryl methyl sites for hydroxylation is 1. The number of carbonyl (C=O) groups is 2. The second-order valence-electron chi connectivity index (χ2n) is 7.33. The van der Waals surface area contributed by atoms with E-state index >= 15 is 0 Å². The first-order valence-corrected chi connectivity index (χ1v) is 10.2. The number of ether oxygens (including phenoxy) is 2. The van der Waals surface area contributed by atoms with Gasteiger partial charge in [0, 0.05) is 5.69 Å². The van der Waals surface area contributed by atoms with Gasteiger partial charge in [-0.2, -0.15) is 0 Å². The highest BCUT2D eigenvalue weighted by Crippen LogP contribution is 2.44. The topological polar surface area (TPSA) is 89.2 Å². The number of furan rings is 1. The normalized spacial score (nSPS) is 15.9. The van der Waals surface area contributed by atoms with E-state index in [0.29, 0.717) is 29.4 Å². The van der Waals surface area contributed by atoms with Crippen molar-refractivity contribution in [3.8, 4) is 11.5 Å². The van der Waals surface area contributed by atoms with Crippen LogP contribution in [0.3, 0.4) is 0 Å². The maximum Gasteiger partial charge on any atom is 0.294 e. The van der Waals surface area contributed by atoms with E-state index < -0.39 is 23.5 Å². The zero-order valence-corrected chi connectivity index (χ0v) is 18.0. The second kappa shape index (κ2) is 8.63. The maximum atomic E-state index is 13.3. The van der Waals surface area contributed by atoms with Crippen molar-refractivity contribution in [3.05, 3.63) is 89.1 Å². The molecule has 1 atom stereocenters. The summed E-state index contributed by atoms with van der Waals surface area (Å²) < 4.78 is 16.3. The number of aliphatic hydroxyl groups excluding tert-OH is 1. The lowest BCUT2D eigenvalue weighted by atomic mass is 9.94. The molecule has 0 radical (unpaired) electrons. The molecule has 4 rings (SSSR count). The Balaban J connectivity index is 1.90. The number of carbonyl (C=O) groups excluding carboxylic acids is 2. The smallest absolute Gasteiger partial charge is 0.294 e. The molecule has 3 aromatic rings. The van der Waals surface area contributed by atoms with E-state index in [0.717, 1.165) is 5.56 Å². The molecule has 0 aliphatic carbocycles. The van der Waals surface area contributed by atoms with Crippen molar-refractivity contribution in [2.45, 2.75) is 19.9 Å². The van der Waals surface area contributed by atoms with Crippen LogP contribution in [-0.4, -0.2) is 30.5 Å². The van der Waals surface area contributed by atoms with Gasteiger partial charge in [-0.15, -0.1) is 0 Å². The number of methoxy groups -OCH3 is 1. The number of anilines is 1. The van der Waals surface area contributed by atoms with Gasteiger partial charge in [0.15, 0.2) is 23.0 Å². The molecule has 0 saturated carbocycles. The zero-order chi connectivity index (χ0) is 22.8. The molecule has 1 unspecified atom stereocenters. The fourth-order valence-electron chi connectivity index (χ4n) is 3.87. The van der Waals surface area contributed by atoms with Gasteiger partial charge in [0.2, 0.25) is 5.78 Å². The minimum atomic E-state index is -0.882. The molecular weight excluding hydrogens is 410 g/mol. The molecule has 1 aliphatic heterocycles. The highest BCUT2D eigenvalue weighted by atomic mass is 16.5. The molecule has 7 nitrogen and oxygen atoms in total. The van der Waals surface area contributed by atoms with E-state index in [4.69, 9.17) is 13.9 Å². The van der Waals surface area contributed by atoms with Crippen LogP contribution in [0.15, 0.2) is 76.6 Å². The number of hydrogen-bond donors (Lipinski definition) is 1. The van der Waals surface area contributed by atoms with Gasteiger partial charge in [0.1, 0.15) is 0 Å². The first kappa shape index (κ1) is 21.2. The Kier molecular flexibility index (Phi) is 5.73. The molecule has 1 amide bonds. The van der Waals surface area contributed by atoms with Crippen LogP contribution >= 0.6 is 0 Å². The largest absolute Gasteiger partial charge is 0.503 e. The fraction of sp³-hybridized carbons (Fsp3) is 0.200. The Morgan fingerprint density at radius 3 is 2.59 bits per heavy atom. The molecule has 2 aromatic carbocycles. The number of nitrogens with zero attached hydrogens (tertiary/aromatic N) is 1. The molecule has 164 valence electrons. The van der Waals surface area contributed by atoms with Gasteiger partial charge < -0.3 is 19.0 Å². The highest BCUT2D eigenvalue weighted by Gasteiger charge is 2.45. The number of Topliss-reactive ketones (excluding diaryl/α,β-unsaturated/α-hetero) is 1. The van der Waals surface area contributed by atoms with Crippen LogP contribution in [0, 0.1) is 6.92 Å². The van der Waals surface area contributed by atoms with Crippen LogP contribution in [0.25, 0.3) is 0 Å². The fourth-order valence-corrected chi connectivity index (χ4v) is 3.87. The highest BCUT2D eigenvalue weighted by molar-refractivity contribution is 6.20. The van der Waals surface area contributed by atoms with Gasteiger partial charge in [-0.3, -0.25) is 14.5 Å². The Morgan fingerprint density at radius 1 is 1.12 bits per heavy atom. The number of benzene rings is 2. The summed E-state index contributed by atoms with van der Waals surface area (Å²) in [5.41, 5.74) is 2.02. The van der Waals surface area contributed by atoms with Crippen molar-refractivity contribution in [2.24, 2.45) is 0 Å². The molecule has 7 heteroatoms. The van der Waals surface area contributed by atoms with Gasteiger partial charge >= 0.3 is 0 Å². The lowest BCUT2D eigenvalue weighted by molar-refractivity contribution is -0.117. The predicted molar refractivity (Wildman–Crippen MR) is 118 cm³/mol. The van der Waals surface area contributed by atoms with Crippen LogP contribution < -0.4 is 14.4 Å². The van der Waals surface area contributed by atoms with Crippen LogP contribution in [0.2, 0.25) is 0 Å². The van der Waals surface area contributed by atoms with E-state index in [2.05, 4.69) is 0 Å². The lowest BCUT2D eigenvalue weighted by Gasteiger charge is -2.27. The average molecular weight is 433 g/mol. The third-order valence-corrected chi connectivity index (χ3v) is 5.28. The van der Waals surface area contributed by atoms with E-state index in [1.54, 1.807) is 30.3 Å². The summed E-state index contributed by atoms with van der Waals surface area (Å²) in [4.78, 5) is 27.9. The zero-order valence-electron chi connectivity index (χ0n) is 18.0. The molecule has 32 heavy (non-hydrogen) atoms. The third kappa shape index (κ3) is 3.62. The van der Waals surface area contributed by atoms with E-state index in [1.807, 2.05) is 32.0 Å². The Bertz CT molecular complexity index is 1190. The molecule has 0 bridgehead atoms. The molecule has 0 fully saturated rings. The van der Waals surface area contributed by atoms with Gasteiger partial charge in [-0.05, 0) is 61.4 Å². The number of rotatable bonds is 7.